The number of nitrogens with one attached hydrogen (secondary N) is 2. The van der Waals surface area contributed by atoms with Crippen molar-refractivity contribution in [3.63, 3.8) is 0 Å². The largest absolute Gasteiger partial charge is 0.495 e. The van der Waals surface area contributed by atoms with E-state index in [1.54, 1.807) is 24.3 Å². The smallest absolute Gasteiger partial charge is 0.338 e. The number of ether oxygens (including phenoxy) is 2. The summed E-state index contributed by atoms with van der Waals surface area (Å²) >= 11 is 3.28. The molecule has 0 aliphatic rings. The number of carbonyl (C=O) groups excluding carboxylic acids is 2. The highest BCUT2D eigenvalue weighted by molar-refractivity contribution is 9.10. The fourth-order valence-electron chi connectivity index (χ4n) is 2.07. The highest BCUT2D eigenvalue weighted by Crippen LogP contribution is 2.25. The highest BCUT2D eigenvalue weighted by atomic mass is 79.9. The van der Waals surface area contributed by atoms with E-state index in [1.807, 2.05) is 0 Å². The second-order valence-electron chi connectivity index (χ2n) is 5.20. The van der Waals surface area contributed by atoms with Gasteiger partial charge in [-0.1, -0.05) is 15.9 Å². The summed E-state index contributed by atoms with van der Waals surface area (Å²) in [4.78, 5) is 23.8. The van der Waals surface area contributed by atoms with Gasteiger partial charge in [-0.2, -0.15) is 0 Å². The Hall–Kier alpha value is -2.43. The molecule has 2 aromatic rings. The lowest BCUT2D eigenvalue weighted by atomic mass is 10.2. The Labute approximate surface area is 165 Å². The zero-order chi connectivity index (χ0) is 20.0. The van der Waals surface area contributed by atoms with Crippen LogP contribution in [0.2, 0.25) is 0 Å². The van der Waals surface area contributed by atoms with E-state index in [-0.39, 0.29) is 16.2 Å². The number of sulfonamides is 1. The van der Waals surface area contributed by atoms with Crippen molar-refractivity contribution in [2.75, 3.05) is 26.1 Å². The lowest BCUT2D eigenvalue weighted by Crippen LogP contribution is -2.22. The maximum absolute atomic E-state index is 12.1. The van der Waals surface area contributed by atoms with E-state index >= 15 is 0 Å². The number of esters is 1. The van der Waals surface area contributed by atoms with Crippen LogP contribution in [0.25, 0.3) is 0 Å². The highest BCUT2D eigenvalue weighted by Gasteiger charge is 2.21. The van der Waals surface area contributed by atoms with Gasteiger partial charge in [-0.3, -0.25) is 4.79 Å². The SMILES string of the molecule is CNS(=O)(=O)c1cc(C(=O)OCC(=O)Nc2ccc(Br)cc2)ccc1OC. The van der Waals surface area contributed by atoms with Crippen LogP contribution in [0.3, 0.4) is 0 Å². The quantitative estimate of drug-likeness (QED) is 0.617. The number of amides is 1. The van der Waals surface area contributed by atoms with Gasteiger partial charge >= 0.3 is 5.97 Å². The molecule has 0 spiro atoms. The first kappa shape index (κ1) is 20.9. The first-order valence-corrected chi connectivity index (χ1v) is 9.88. The first-order valence-electron chi connectivity index (χ1n) is 7.61. The van der Waals surface area contributed by atoms with Gasteiger partial charge in [0.2, 0.25) is 10.0 Å². The molecular weight excluding hydrogens is 440 g/mol. The second kappa shape index (κ2) is 8.98. The number of rotatable bonds is 7. The number of halogens is 1. The summed E-state index contributed by atoms with van der Waals surface area (Å²) in [5.74, 6) is -1.28. The minimum Gasteiger partial charge on any atom is -0.495 e. The molecule has 0 fully saturated rings. The fraction of sp³-hybridized carbons (Fsp3) is 0.176. The predicted octanol–water partition coefficient (Wildman–Crippen LogP) is 2.16. The van der Waals surface area contributed by atoms with Gasteiger partial charge in [0.15, 0.2) is 6.61 Å². The van der Waals surface area contributed by atoms with Crippen molar-refractivity contribution in [1.82, 2.24) is 4.72 Å². The molecule has 10 heteroatoms. The van der Waals surface area contributed by atoms with E-state index in [0.717, 1.165) is 10.5 Å². The molecule has 0 atom stereocenters. The van der Waals surface area contributed by atoms with Crippen molar-refractivity contribution in [3.05, 3.63) is 52.5 Å². The molecule has 27 heavy (non-hydrogen) atoms. The van der Waals surface area contributed by atoms with Gasteiger partial charge in [0.25, 0.3) is 5.91 Å². The average Bonchev–Trinajstić information content (AvgIpc) is 2.67. The van der Waals surface area contributed by atoms with Gasteiger partial charge < -0.3 is 14.8 Å². The standard InChI is InChI=1S/C17H17BrN2O6S/c1-19-27(23,24)15-9-11(3-8-14(15)25-2)17(22)26-10-16(21)20-13-6-4-12(18)5-7-13/h3-9,19H,10H2,1-2H3,(H,20,21). The molecule has 0 saturated heterocycles. The minimum atomic E-state index is -3.84. The maximum Gasteiger partial charge on any atom is 0.338 e. The Morgan fingerprint density at radius 3 is 2.37 bits per heavy atom. The Morgan fingerprint density at radius 1 is 1.11 bits per heavy atom. The van der Waals surface area contributed by atoms with Gasteiger partial charge in [0.05, 0.1) is 12.7 Å². The molecule has 0 unspecified atom stereocenters. The summed E-state index contributed by atoms with van der Waals surface area (Å²) in [5.41, 5.74) is 0.521. The minimum absolute atomic E-state index is 0.0268. The van der Waals surface area contributed by atoms with Crippen LogP contribution in [0, 0.1) is 0 Å². The Balaban J connectivity index is 2.06. The molecule has 8 nitrogen and oxygen atoms in total. The van der Waals surface area contributed by atoms with Crippen LogP contribution in [0.1, 0.15) is 10.4 Å². The molecule has 0 aliphatic carbocycles. The molecule has 2 N–H and O–H groups in total. The van der Waals surface area contributed by atoms with Crippen LogP contribution >= 0.6 is 15.9 Å². The third-order valence-corrected chi connectivity index (χ3v) is 5.38. The molecule has 0 heterocycles. The van der Waals surface area contributed by atoms with Gasteiger partial charge in [-0.15, -0.1) is 0 Å². The normalized spacial score (nSPS) is 10.9. The summed E-state index contributed by atoms with van der Waals surface area (Å²) in [5, 5.41) is 2.58. The van der Waals surface area contributed by atoms with Crippen LogP contribution < -0.4 is 14.8 Å². The average molecular weight is 457 g/mol. The topological polar surface area (TPSA) is 111 Å². The number of benzene rings is 2. The molecule has 0 aliphatic heterocycles. The van der Waals surface area contributed by atoms with Crippen LogP contribution in [0.5, 0.6) is 5.75 Å². The molecule has 0 saturated carbocycles. The van der Waals surface area contributed by atoms with Crippen LogP contribution in [0.4, 0.5) is 5.69 Å². The van der Waals surface area contributed by atoms with Crippen LogP contribution in [-0.4, -0.2) is 41.1 Å². The Bertz CT molecular complexity index is 944. The Morgan fingerprint density at radius 2 is 1.78 bits per heavy atom. The van der Waals surface area contributed by atoms with Crippen LogP contribution in [0.15, 0.2) is 51.8 Å². The van der Waals surface area contributed by atoms with Gasteiger partial charge in [-0.25, -0.2) is 17.9 Å². The lowest BCUT2D eigenvalue weighted by Gasteiger charge is -2.11. The summed E-state index contributed by atoms with van der Waals surface area (Å²) in [6.07, 6.45) is 0. The van der Waals surface area contributed by atoms with E-state index in [1.165, 1.54) is 26.3 Å². The maximum atomic E-state index is 12.1. The zero-order valence-corrected chi connectivity index (χ0v) is 16.9. The van der Waals surface area contributed by atoms with E-state index in [2.05, 4.69) is 26.0 Å². The number of hydrogen-bond acceptors (Lipinski definition) is 6. The fourth-order valence-corrected chi connectivity index (χ4v) is 3.25. The predicted molar refractivity (Wildman–Crippen MR) is 102 cm³/mol. The van der Waals surface area contributed by atoms with Gasteiger partial charge in [0, 0.05) is 10.2 Å². The number of methoxy groups -OCH3 is 1. The summed E-state index contributed by atoms with van der Waals surface area (Å²) in [7, 11) is -1.28. The number of carbonyl (C=O) groups is 2. The lowest BCUT2D eigenvalue weighted by molar-refractivity contribution is -0.119. The molecule has 0 aromatic heterocycles. The second-order valence-corrected chi connectivity index (χ2v) is 7.98. The number of hydrogen-bond donors (Lipinski definition) is 2. The van der Waals surface area contributed by atoms with E-state index < -0.39 is 28.5 Å². The Kier molecular flexibility index (Phi) is 6.94. The third kappa shape index (κ3) is 5.52. The van der Waals surface area contributed by atoms with Crippen LogP contribution in [-0.2, 0) is 19.6 Å². The molecule has 0 radical (unpaired) electrons. The summed E-state index contributed by atoms with van der Waals surface area (Å²) in [6, 6.07) is 10.7. The molecular formula is C17H17BrN2O6S. The molecule has 144 valence electrons. The van der Waals surface area contributed by atoms with Crippen molar-refractivity contribution >= 4 is 43.5 Å². The summed E-state index contributed by atoms with van der Waals surface area (Å²) in [6.45, 7) is -0.519. The molecule has 0 bridgehead atoms. The van der Waals surface area contributed by atoms with Crippen molar-refractivity contribution in [3.8, 4) is 5.75 Å². The van der Waals surface area contributed by atoms with Gasteiger partial charge in [0.1, 0.15) is 10.6 Å². The third-order valence-electron chi connectivity index (χ3n) is 3.42. The van der Waals surface area contributed by atoms with E-state index in [9.17, 15) is 18.0 Å². The van der Waals surface area contributed by atoms with Crippen molar-refractivity contribution in [2.24, 2.45) is 0 Å². The van der Waals surface area contributed by atoms with E-state index in [0.29, 0.717) is 5.69 Å². The zero-order valence-electron chi connectivity index (χ0n) is 14.5. The number of anilines is 1. The summed E-state index contributed by atoms with van der Waals surface area (Å²) < 4.78 is 37.0. The molecule has 1 amide bonds. The van der Waals surface area contributed by atoms with Crippen molar-refractivity contribution in [1.29, 1.82) is 0 Å². The molecule has 2 rings (SSSR count). The molecule has 2 aromatic carbocycles. The first-order chi connectivity index (χ1) is 12.8. The van der Waals surface area contributed by atoms with Gasteiger partial charge in [-0.05, 0) is 49.5 Å². The van der Waals surface area contributed by atoms with Crippen molar-refractivity contribution in [2.45, 2.75) is 4.90 Å². The van der Waals surface area contributed by atoms with Crippen molar-refractivity contribution < 1.29 is 27.5 Å². The monoisotopic (exact) mass is 456 g/mol. The van der Waals surface area contributed by atoms with E-state index in [4.69, 9.17) is 9.47 Å².